The predicted molar refractivity (Wildman–Crippen MR) is 96.4 cm³/mol. The quantitative estimate of drug-likeness (QED) is 0.752. The summed E-state index contributed by atoms with van der Waals surface area (Å²) in [5.41, 5.74) is 5.65. The van der Waals surface area contributed by atoms with Crippen molar-refractivity contribution in [3.05, 3.63) is 58.1 Å². The van der Waals surface area contributed by atoms with E-state index in [1.807, 2.05) is 25.1 Å². The summed E-state index contributed by atoms with van der Waals surface area (Å²) in [5.74, 6) is 1.55. The lowest BCUT2D eigenvalue weighted by Gasteiger charge is -2.16. The van der Waals surface area contributed by atoms with Crippen molar-refractivity contribution in [3.63, 3.8) is 0 Å². The standard InChI is InChI=1S/C19H22O3S/c1-12-7-6-8-17(22-19(23)20-5)16(12)11-21-18-10-14(3)13(2)9-15(18)4/h6-10H,11H2,1-5H3. The fourth-order valence-electron chi connectivity index (χ4n) is 2.33. The molecule has 0 radical (unpaired) electrons. The average molecular weight is 330 g/mol. The van der Waals surface area contributed by atoms with Crippen molar-refractivity contribution in [1.82, 2.24) is 0 Å². The second-order valence-electron chi connectivity index (χ2n) is 5.60. The van der Waals surface area contributed by atoms with Crippen LogP contribution in [0, 0.1) is 27.7 Å². The molecule has 0 aliphatic rings. The predicted octanol–water partition coefficient (Wildman–Crippen LogP) is 4.81. The minimum Gasteiger partial charge on any atom is -0.488 e. The van der Waals surface area contributed by atoms with Crippen molar-refractivity contribution in [1.29, 1.82) is 0 Å². The topological polar surface area (TPSA) is 27.7 Å². The van der Waals surface area contributed by atoms with Crippen molar-refractivity contribution in [2.24, 2.45) is 0 Å². The number of ether oxygens (including phenoxy) is 3. The Morgan fingerprint density at radius 3 is 2.30 bits per heavy atom. The van der Waals surface area contributed by atoms with E-state index in [0.29, 0.717) is 12.4 Å². The zero-order chi connectivity index (χ0) is 17.0. The molecule has 2 rings (SSSR count). The number of hydrogen-bond acceptors (Lipinski definition) is 4. The highest BCUT2D eigenvalue weighted by Crippen LogP contribution is 2.27. The highest BCUT2D eigenvalue weighted by Gasteiger charge is 2.11. The Balaban J connectivity index is 2.23. The van der Waals surface area contributed by atoms with Gasteiger partial charge in [-0.1, -0.05) is 18.2 Å². The molecular weight excluding hydrogens is 308 g/mol. The number of rotatable bonds is 4. The van der Waals surface area contributed by atoms with E-state index in [9.17, 15) is 0 Å². The first-order valence-electron chi connectivity index (χ1n) is 7.47. The fourth-order valence-corrected chi connectivity index (χ4v) is 2.42. The summed E-state index contributed by atoms with van der Waals surface area (Å²) in [5, 5.41) is 0.0965. The molecule has 122 valence electrons. The van der Waals surface area contributed by atoms with E-state index in [2.05, 4.69) is 32.9 Å². The highest BCUT2D eigenvalue weighted by atomic mass is 32.1. The molecule has 4 heteroatoms. The largest absolute Gasteiger partial charge is 0.488 e. The first-order chi connectivity index (χ1) is 10.9. The van der Waals surface area contributed by atoms with Gasteiger partial charge < -0.3 is 14.2 Å². The van der Waals surface area contributed by atoms with Crippen LogP contribution < -0.4 is 9.47 Å². The molecule has 0 aromatic heterocycles. The second kappa shape index (κ2) is 7.47. The van der Waals surface area contributed by atoms with Gasteiger partial charge in [0.15, 0.2) is 0 Å². The molecule has 0 bridgehead atoms. The van der Waals surface area contributed by atoms with E-state index in [1.54, 1.807) is 0 Å². The van der Waals surface area contributed by atoms with E-state index in [1.165, 1.54) is 18.2 Å². The maximum atomic E-state index is 6.03. The highest BCUT2D eigenvalue weighted by molar-refractivity contribution is 7.79. The lowest BCUT2D eigenvalue weighted by molar-refractivity contribution is 0.287. The molecule has 0 amide bonds. The number of thiocarbonyl (C=S) groups is 1. The first kappa shape index (κ1) is 17.3. The number of benzene rings is 2. The fraction of sp³-hybridized carbons (Fsp3) is 0.316. The van der Waals surface area contributed by atoms with Gasteiger partial charge in [0.25, 0.3) is 0 Å². The first-order valence-corrected chi connectivity index (χ1v) is 7.88. The average Bonchev–Trinajstić information content (AvgIpc) is 2.51. The van der Waals surface area contributed by atoms with Crippen LogP contribution in [-0.4, -0.2) is 12.3 Å². The van der Waals surface area contributed by atoms with Gasteiger partial charge >= 0.3 is 5.24 Å². The SMILES string of the molecule is COC(=S)Oc1cccc(C)c1COc1cc(C)c(C)cc1C. The molecule has 0 aliphatic carbocycles. The van der Waals surface area contributed by atoms with Gasteiger partial charge in [0, 0.05) is 17.8 Å². The molecule has 0 spiro atoms. The van der Waals surface area contributed by atoms with Gasteiger partial charge in [-0.2, -0.15) is 0 Å². The Morgan fingerprint density at radius 1 is 0.913 bits per heavy atom. The zero-order valence-electron chi connectivity index (χ0n) is 14.2. The smallest absolute Gasteiger partial charge is 0.357 e. The van der Waals surface area contributed by atoms with Gasteiger partial charge in [0.05, 0.1) is 7.11 Å². The Kier molecular flexibility index (Phi) is 5.61. The normalized spacial score (nSPS) is 10.3. The summed E-state index contributed by atoms with van der Waals surface area (Å²) in [6.07, 6.45) is 0. The summed E-state index contributed by atoms with van der Waals surface area (Å²) < 4.78 is 16.5. The van der Waals surface area contributed by atoms with Crippen molar-refractivity contribution < 1.29 is 14.2 Å². The molecule has 23 heavy (non-hydrogen) atoms. The third-order valence-corrected chi connectivity index (χ3v) is 4.14. The van der Waals surface area contributed by atoms with Crippen LogP contribution in [0.4, 0.5) is 0 Å². The number of hydrogen-bond donors (Lipinski definition) is 0. The third-order valence-electron chi connectivity index (χ3n) is 3.89. The van der Waals surface area contributed by atoms with Crippen LogP contribution in [0.5, 0.6) is 11.5 Å². The molecule has 0 heterocycles. The molecule has 0 saturated carbocycles. The molecule has 3 nitrogen and oxygen atoms in total. The van der Waals surface area contributed by atoms with Crippen molar-refractivity contribution in [2.45, 2.75) is 34.3 Å². The summed E-state index contributed by atoms with van der Waals surface area (Å²) in [6.45, 7) is 8.68. The van der Waals surface area contributed by atoms with Crippen LogP contribution in [0.2, 0.25) is 0 Å². The van der Waals surface area contributed by atoms with Crippen LogP contribution in [0.1, 0.15) is 27.8 Å². The lowest BCUT2D eigenvalue weighted by Crippen LogP contribution is -2.10. The summed E-state index contributed by atoms with van der Waals surface area (Å²) in [6, 6.07) is 10.0. The maximum absolute atomic E-state index is 6.03. The van der Waals surface area contributed by atoms with Gasteiger partial charge in [0.1, 0.15) is 18.1 Å². The second-order valence-corrected chi connectivity index (χ2v) is 5.93. The molecule has 2 aromatic carbocycles. The third kappa shape index (κ3) is 4.23. The van der Waals surface area contributed by atoms with Crippen LogP contribution in [0.25, 0.3) is 0 Å². The van der Waals surface area contributed by atoms with E-state index >= 15 is 0 Å². The minimum absolute atomic E-state index is 0.0965. The Hall–Kier alpha value is -2.07. The van der Waals surface area contributed by atoms with Gasteiger partial charge in [-0.05, 0) is 62.1 Å². The minimum atomic E-state index is 0.0965. The Bertz CT molecular complexity index is 723. The van der Waals surface area contributed by atoms with Gasteiger partial charge in [-0.15, -0.1) is 0 Å². The Morgan fingerprint density at radius 2 is 1.61 bits per heavy atom. The van der Waals surface area contributed by atoms with Crippen molar-refractivity contribution in [2.75, 3.05) is 7.11 Å². The van der Waals surface area contributed by atoms with Crippen molar-refractivity contribution >= 4 is 17.5 Å². The van der Waals surface area contributed by atoms with Gasteiger partial charge in [-0.25, -0.2) is 0 Å². The molecule has 0 atom stereocenters. The van der Waals surface area contributed by atoms with Crippen LogP contribution in [0.15, 0.2) is 30.3 Å². The molecule has 0 fully saturated rings. The summed E-state index contributed by atoms with van der Waals surface area (Å²) >= 11 is 4.98. The maximum Gasteiger partial charge on any atom is 0.357 e. The van der Waals surface area contributed by atoms with Crippen LogP contribution >= 0.6 is 12.2 Å². The monoisotopic (exact) mass is 330 g/mol. The molecule has 0 aliphatic heterocycles. The molecule has 2 aromatic rings. The van der Waals surface area contributed by atoms with E-state index in [0.717, 1.165) is 22.4 Å². The molecule has 0 saturated heterocycles. The van der Waals surface area contributed by atoms with E-state index in [4.69, 9.17) is 26.4 Å². The lowest BCUT2D eigenvalue weighted by atomic mass is 10.1. The number of aryl methyl sites for hydroxylation is 4. The Labute approximate surface area is 143 Å². The van der Waals surface area contributed by atoms with Crippen molar-refractivity contribution in [3.8, 4) is 11.5 Å². The van der Waals surface area contributed by atoms with E-state index < -0.39 is 0 Å². The molecule has 0 unspecified atom stereocenters. The summed E-state index contributed by atoms with van der Waals surface area (Å²) in [7, 11) is 1.49. The van der Waals surface area contributed by atoms with Crippen LogP contribution in [0.3, 0.4) is 0 Å². The zero-order valence-corrected chi connectivity index (χ0v) is 15.0. The van der Waals surface area contributed by atoms with Gasteiger partial charge in [0.2, 0.25) is 0 Å². The molecule has 0 N–H and O–H groups in total. The molecular formula is C19H22O3S. The number of methoxy groups -OCH3 is 1. The van der Waals surface area contributed by atoms with E-state index in [-0.39, 0.29) is 5.24 Å². The summed E-state index contributed by atoms with van der Waals surface area (Å²) in [4.78, 5) is 0. The van der Waals surface area contributed by atoms with Crippen LogP contribution in [-0.2, 0) is 11.3 Å². The van der Waals surface area contributed by atoms with Gasteiger partial charge in [-0.3, -0.25) is 0 Å².